The fourth-order valence-electron chi connectivity index (χ4n) is 3.02. The molecule has 1 aliphatic rings. The zero-order valence-electron chi connectivity index (χ0n) is 14.2. The molecule has 0 aromatic carbocycles. The van der Waals surface area contributed by atoms with E-state index in [1.807, 2.05) is 6.92 Å². The third kappa shape index (κ3) is 3.68. The molecule has 0 unspecified atom stereocenters. The SMILES string of the molecule is Cc1c(Cl)nc(C(C)C)nc1N1CCC(C(C)(C)C)CC1. The molecule has 21 heavy (non-hydrogen) atoms. The van der Waals surface area contributed by atoms with Gasteiger partial charge in [-0.15, -0.1) is 0 Å². The van der Waals surface area contributed by atoms with Gasteiger partial charge in [-0.2, -0.15) is 0 Å². The van der Waals surface area contributed by atoms with Crippen LogP contribution in [0.1, 0.15) is 64.8 Å². The second kappa shape index (κ2) is 6.12. The number of halogens is 1. The van der Waals surface area contributed by atoms with Gasteiger partial charge in [0.05, 0.1) is 0 Å². The molecule has 118 valence electrons. The summed E-state index contributed by atoms with van der Waals surface area (Å²) in [5, 5.41) is 0.599. The summed E-state index contributed by atoms with van der Waals surface area (Å²) in [5.74, 6) is 2.97. The highest BCUT2D eigenvalue weighted by atomic mass is 35.5. The fourth-order valence-corrected chi connectivity index (χ4v) is 3.19. The molecule has 2 rings (SSSR count). The van der Waals surface area contributed by atoms with E-state index >= 15 is 0 Å². The molecule has 0 aliphatic carbocycles. The minimum absolute atomic E-state index is 0.300. The maximum absolute atomic E-state index is 6.31. The predicted molar refractivity (Wildman–Crippen MR) is 90.3 cm³/mol. The Morgan fingerprint density at radius 3 is 2.19 bits per heavy atom. The van der Waals surface area contributed by atoms with E-state index in [0.29, 0.717) is 16.5 Å². The Kier molecular flexibility index (Phi) is 4.82. The smallest absolute Gasteiger partial charge is 0.137 e. The van der Waals surface area contributed by atoms with Crippen LogP contribution in [-0.2, 0) is 0 Å². The lowest BCUT2D eigenvalue weighted by Crippen LogP contribution is -2.39. The van der Waals surface area contributed by atoms with Gasteiger partial charge in [0.15, 0.2) is 0 Å². The first-order valence-electron chi connectivity index (χ1n) is 7.99. The van der Waals surface area contributed by atoms with E-state index in [-0.39, 0.29) is 0 Å². The number of anilines is 1. The number of aromatic nitrogens is 2. The molecule has 1 saturated heterocycles. The van der Waals surface area contributed by atoms with Gasteiger partial charge in [0, 0.05) is 24.6 Å². The van der Waals surface area contributed by atoms with Crippen LogP contribution < -0.4 is 4.90 Å². The second-order valence-corrected chi connectivity index (χ2v) is 7.96. The Balaban J connectivity index is 2.20. The number of piperidine rings is 1. The van der Waals surface area contributed by atoms with Crippen LogP contribution in [-0.4, -0.2) is 23.1 Å². The summed E-state index contributed by atoms with van der Waals surface area (Å²) in [7, 11) is 0. The monoisotopic (exact) mass is 309 g/mol. The minimum Gasteiger partial charge on any atom is -0.356 e. The van der Waals surface area contributed by atoms with Crippen LogP contribution in [0.2, 0.25) is 5.15 Å². The van der Waals surface area contributed by atoms with E-state index in [2.05, 4.69) is 44.5 Å². The topological polar surface area (TPSA) is 29.0 Å². The van der Waals surface area contributed by atoms with Crippen LogP contribution in [0, 0.1) is 18.3 Å². The van der Waals surface area contributed by atoms with Gasteiger partial charge >= 0.3 is 0 Å². The summed E-state index contributed by atoms with van der Waals surface area (Å²) in [4.78, 5) is 11.6. The first-order valence-corrected chi connectivity index (χ1v) is 8.37. The molecule has 0 radical (unpaired) electrons. The summed E-state index contributed by atoms with van der Waals surface area (Å²) in [6.45, 7) is 15.4. The van der Waals surface area contributed by atoms with E-state index in [0.717, 1.165) is 36.2 Å². The quantitative estimate of drug-likeness (QED) is 0.733. The van der Waals surface area contributed by atoms with Crippen LogP contribution in [0.4, 0.5) is 5.82 Å². The standard InChI is InChI=1S/C17H28ClN3/c1-11(2)15-19-14(18)12(3)16(20-15)21-9-7-13(8-10-21)17(4,5)6/h11,13H,7-10H2,1-6H3. The lowest BCUT2D eigenvalue weighted by Gasteiger charge is -2.39. The highest BCUT2D eigenvalue weighted by Gasteiger charge is 2.30. The number of rotatable bonds is 2. The largest absolute Gasteiger partial charge is 0.356 e. The van der Waals surface area contributed by atoms with Crippen molar-refractivity contribution in [1.29, 1.82) is 0 Å². The number of nitrogens with zero attached hydrogens (tertiary/aromatic N) is 3. The molecule has 0 spiro atoms. The summed E-state index contributed by atoms with van der Waals surface area (Å²) in [6.07, 6.45) is 2.45. The van der Waals surface area contributed by atoms with Gasteiger partial charge in [0.25, 0.3) is 0 Å². The van der Waals surface area contributed by atoms with Crippen molar-refractivity contribution in [2.24, 2.45) is 11.3 Å². The maximum atomic E-state index is 6.31. The lowest BCUT2D eigenvalue weighted by atomic mass is 9.75. The average molecular weight is 310 g/mol. The van der Waals surface area contributed by atoms with E-state index in [1.54, 1.807) is 0 Å². The second-order valence-electron chi connectivity index (χ2n) is 7.60. The highest BCUT2D eigenvalue weighted by molar-refractivity contribution is 6.30. The third-order valence-corrected chi connectivity index (χ3v) is 4.98. The first kappa shape index (κ1) is 16.5. The Morgan fingerprint density at radius 2 is 1.71 bits per heavy atom. The molecule has 4 heteroatoms. The van der Waals surface area contributed by atoms with Gasteiger partial charge in [-0.25, -0.2) is 9.97 Å². The van der Waals surface area contributed by atoms with Gasteiger partial charge in [0.1, 0.15) is 16.8 Å². The van der Waals surface area contributed by atoms with Crippen molar-refractivity contribution < 1.29 is 0 Å². The van der Waals surface area contributed by atoms with Crippen LogP contribution in [0.3, 0.4) is 0 Å². The molecule has 0 atom stereocenters. The van der Waals surface area contributed by atoms with Crippen molar-refractivity contribution in [3.8, 4) is 0 Å². The van der Waals surface area contributed by atoms with Crippen molar-refractivity contribution in [1.82, 2.24) is 9.97 Å². The number of hydrogen-bond donors (Lipinski definition) is 0. The van der Waals surface area contributed by atoms with E-state index < -0.39 is 0 Å². The number of hydrogen-bond acceptors (Lipinski definition) is 3. The van der Waals surface area contributed by atoms with Crippen LogP contribution >= 0.6 is 11.6 Å². The molecule has 0 saturated carbocycles. The van der Waals surface area contributed by atoms with Gasteiger partial charge < -0.3 is 4.90 Å². The molecule has 1 aromatic rings. The molecule has 1 fully saturated rings. The molecule has 0 N–H and O–H groups in total. The van der Waals surface area contributed by atoms with E-state index in [1.165, 1.54) is 12.8 Å². The van der Waals surface area contributed by atoms with Crippen molar-refractivity contribution >= 4 is 17.4 Å². The molecule has 0 bridgehead atoms. The highest BCUT2D eigenvalue weighted by Crippen LogP contribution is 2.36. The summed E-state index contributed by atoms with van der Waals surface area (Å²) < 4.78 is 0. The summed E-state index contributed by atoms with van der Waals surface area (Å²) in [5.41, 5.74) is 1.41. The van der Waals surface area contributed by atoms with Crippen molar-refractivity contribution in [3.63, 3.8) is 0 Å². The molecular weight excluding hydrogens is 282 g/mol. The van der Waals surface area contributed by atoms with Gasteiger partial charge in [-0.05, 0) is 31.1 Å². The zero-order chi connectivity index (χ0) is 15.8. The van der Waals surface area contributed by atoms with Crippen molar-refractivity contribution in [3.05, 3.63) is 16.5 Å². The summed E-state index contributed by atoms with van der Waals surface area (Å²) >= 11 is 6.31. The van der Waals surface area contributed by atoms with Gasteiger partial charge in [-0.3, -0.25) is 0 Å². The summed E-state index contributed by atoms with van der Waals surface area (Å²) in [6, 6.07) is 0. The van der Waals surface area contributed by atoms with Crippen LogP contribution in [0.5, 0.6) is 0 Å². The van der Waals surface area contributed by atoms with Crippen molar-refractivity contribution in [2.45, 2.75) is 60.3 Å². The molecule has 1 aliphatic heterocycles. The Morgan fingerprint density at radius 1 is 1.14 bits per heavy atom. The molecule has 3 nitrogen and oxygen atoms in total. The zero-order valence-corrected chi connectivity index (χ0v) is 15.0. The van der Waals surface area contributed by atoms with Crippen molar-refractivity contribution in [2.75, 3.05) is 18.0 Å². The fraction of sp³-hybridized carbons (Fsp3) is 0.765. The molecule has 0 amide bonds. The van der Waals surface area contributed by atoms with Gasteiger partial charge in [0.2, 0.25) is 0 Å². The Labute approximate surface area is 134 Å². The molecule has 2 heterocycles. The normalized spacial score (nSPS) is 17.6. The van der Waals surface area contributed by atoms with E-state index in [9.17, 15) is 0 Å². The van der Waals surface area contributed by atoms with Crippen LogP contribution in [0.15, 0.2) is 0 Å². The first-order chi connectivity index (χ1) is 9.70. The molecule has 1 aromatic heterocycles. The third-order valence-electron chi connectivity index (χ3n) is 4.61. The van der Waals surface area contributed by atoms with Gasteiger partial charge in [-0.1, -0.05) is 46.2 Å². The minimum atomic E-state index is 0.300. The lowest BCUT2D eigenvalue weighted by molar-refractivity contribution is 0.198. The van der Waals surface area contributed by atoms with E-state index in [4.69, 9.17) is 16.6 Å². The Hall–Kier alpha value is -0.830. The van der Waals surface area contributed by atoms with Crippen LogP contribution in [0.25, 0.3) is 0 Å². The predicted octanol–water partition coefficient (Wildman–Crippen LogP) is 4.82. The average Bonchev–Trinajstić information content (AvgIpc) is 2.40. The maximum Gasteiger partial charge on any atom is 0.137 e. The molecular formula is C17H28ClN3. The Bertz CT molecular complexity index is 497.